The molecule has 16 heavy (non-hydrogen) atoms. The first-order valence-corrected chi connectivity index (χ1v) is 5.47. The van der Waals surface area contributed by atoms with Gasteiger partial charge in [-0.2, -0.15) is 0 Å². The highest BCUT2D eigenvalue weighted by atomic mass is 16.2. The monoisotopic (exact) mass is 217 g/mol. The SMILES string of the molecule is Cc1cccc(CN2CC(C=O)CC2=O)c1. The predicted molar refractivity (Wildman–Crippen MR) is 60.8 cm³/mol. The fraction of sp³-hybridized carbons (Fsp3) is 0.385. The van der Waals surface area contributed by atoms with E-state index in [9.17, 15) is 9.59 Å². The largest absolute Gasteiger partial charge is 0.338 e. The van der Waals surface area contributed by atoms with E-state index in [2.05, 4.69) is 6.07 Å². The molecule has 1 aromatic carbocycles. The number of carbonyl (C=O) groups excluding carboxylic acids is 2. The van der Waals surface area contributed by atoms with Gasteiger partial charge in [-0.3, -0.25) is 4.79 Å². The molecule has 2 rings (SSSR count). The second kappa shape index (κ2) is 4.47. The summed E-state index contributed by atoms with van der Waals surface area (Å²) in [4.78, 5) is 24.0. The van der Waals surface area contributed by atoms with Gasteiger partial charge in [0.1, 0.15) is 6.29 Å². The fourth-order valence-corrected chi connectivity index (χ4v) is 2.08. The first-order valence-electron chi connectivity index (χ1n) is 5.47. The van der Waals surface area contributed by atoms with E-state index in [1.165, 1.54) is 5.56 Å². The van der Waals surface area contributed by atoms with Crippen molar-refractivity contribution in [3.8, 4) is 0 Å². The van der Waals surface area contributed by atoms with E-state index in [-0.39, 0.29) is 11.8 Å². The molecule has 3 nitrogen and oxygen atoms in total. The van der Waals surface area contributed by atoms with Gasteiger partial charge in [0, 0.05) is 25.4 Å². The van der Waals surface area contributed by atoms with Crippen LogP contribution < -0.4 is 0 Å². The zero-order chi connectivity index (χ0) is 11.5. The molecule has 1 saturated heterocycles. The minimum absolute atomic E-state index is 0.0820. The average molecular weight is 217 g/mol. The molecule has 3 heteroatoms. The lowest BCUT2D eigenvalue weighted by Crippen LogP contribution is -2.24. The summed E-state index contributed by atoms with van der Waals surface area (Å²) in [6.07, 6.45) is 1.25. The van der Waals surface area contributed by atoms with Crippen LogP contribution in [0.1, 0.15) is 17.5 Å². The van der Waals surface area contributed by atoms with Crippen LogP contribution in [-0.4, -0.2) is 23.6 Å². The van der Waals surface area contributed by atoms with Crippen LogP contribution >= 0.6 is 0 Å². The van der Waals surface area contributed by atoms with Gasteiger partial charge < -0.3 is 9.69 Å². The van der Waals surface area contributed by atoms with E-state index in [1.807, 2.05) is 25.1 Å². The molecule has 1 amide bonds. The molecule has 0 N–H and O–H groups in total. The Labute approximate surface area is 95.1 Å². The van der Waals surface area contributed by atoms with Crippen LogP contribution in [-0.2, 0) is 16.1 Å². The second-order valence-electron chi connectivity index (χ2n) is 4.36. The smallest absolute Gasteiger partial charge is 0.223 e. The predicted octanol–water partition coefficient (Wildman–Crippen LogP) is 1.54. The molecule has 1 unspecified atom stereocenters. The van der Waals surface area contributed by atoms with Gasteiger partial charge in [0.15, 0.2) is 0 Å². The molecule has 1 aliphatic heterocycles. The van der Waals surface area contributed by atoms with Crippen LogP contribution in [0.3, 0.4) is 0 Å². The standard InChI is InChI=1S/C13H15NO2/c1-10-3-2-4-11(5-10)7-14-8-12(9-15)6-13(14)16/h2-5,9,12H,6-8H2,1H3. The first-order chi connectivity index (χ1) is 7.69. The summed E-state index contributed by atoms with van der Waals surface area (Å²) >= 11 is 0. The molecule has 84 valence electrons. The fourth-order valence-electron chi connectivity index (χ4n) is 2.08. The summed E-state index contributed by atoms with van der Waals surface area (Å²) in [5.41, 5.74) is 2.32. The maximum Gasteiger partial charge on any atom is 0.223 e. The topological polar surface area (TPSA) is 37.4 Å². The maximum absolute atomic E-state index is 11.6. The highest BCUT2D eigenvalue weighted by molar-refractivity contribution is 5.82. The van der Waals surface area contributed by atoms with E-state index >= 15 is 0 Å². The molecule has 0 radical (unpaired) electrons. The molecule has 1 fully saturated rings. The number of hydrogen-bond donors (Lipinski definition) is 0. The summed E-state index contributed by atoms with van der Waals surface area (Å²) in [5, 5.41) is 0. The van der Waals surface area contributed by atoms with Crippen molar-refractivity contribution in [3.05, 3.63) is 35.4 Å². The van der Waals surface area contributed by atoms with Crippen LogP contribution in [0.2, 0.25) is 0 Å². The van der Waals surface area contributed by atoms with Gasteiger partial charge in [0.05, 0.1) is 0 Å². The molecule has 1 atom stereocenters. The van der Waals surface area contributed by atoms with E-state index in [0.29, 0.717) is 19.5 Å². The lowest BCUT2D eigenvalue weighted by atomic mass is 10.1. The molecular formula is C13H15NO2. The number of benzene rings is 1. The van der Waals surface area contributed by atoms with Crippen molar-refractivity contribution < 1.29 is 9.59 Å². The number of amides is 1. The normalized spacial score (nSPS) is 20.2. The molecule has 0 saturated carbocycles. The Hall–Kier alpha value is -1.64. The van der Waals surface area contributed by atoms with Gasteiger partial charge in [-0.1, -0.05) is 29.8 Å². The zero-order valence-electron chi connectivity index (χ0n) is 9.35. The van der Waals surface area contributed by atoms with Crippen molar-refractivity contribution in [3.63, 3.8) is 0 Å². The van der Waals surface area contributed by atoms with Crippen molar-refractivity contribution in [2.45, 2.75) is 19.9 Å². The molecule has 0 aromatic heterocycles. The summed E-state index contributed by atoms with van der Waals surface area (Å²) in [5.74, 6) is -0.0316. The van der Waals surface area contributed by atoms with E-state index < -0.39 is 0 Å². The van der Waals surface area contributed by atoms with Gasteiger partial charge >= 0.3 is 0 Å². The number of carbonyl (C=O) groups is 2. The Kier molecular flexibility index (Phi) is 3.04. The highest BCUT2D eigenvalue weighted by Gasteiger charge is 2.28. The van der Waals surface area contributed by atoms with Crippen LogP contribution in [0.4, 0.5) is 0 Å². The molecule has 1 heterocycles. The third-order valence-electron chi connectivity index (χ3n) is 2.89. The Bertz CT molecular complexity index is 414. The van der Waals surface area contributed by atoms with Crippen LogP contribution in [0.15, 0.2) is 24.3 Å². The van der Waals surface area contributed by atoms with E-state index in [1.54, 1.807) is 4.90 Å². The molecule has 1 aliphatic rings. The summed E-state index contributed by atoms with van der Waals surface area (Å²) in [6.45, 7) is 3.21. The van der Waals surface area contributed by atoms with Crippen molar-refractivity contribution in [2.24, 2.45) is 5.92 Å². The number of nitrogens with zero attached hydrogens (tertiary/aromatic N) is 1. The lowest BCUT2D eigenvalue weighted by Gasteiger charge is -2.16. The Morgan fingerprint density at radius 2 is 2.31 bits per heavy atom. The molecule has 0 bridgehead atoms. The summed E-state index contributed by atoms with van der Waals surface area (Å²) < 4.78 is 0. The van der Waals surface area contributed by atoms with Crippen LogP contribution in [0, 0.1) is 12.8 Å². The third kappa shape index (κ3) is 2.30. The minimum Gasteiger partial charge on any atom is -0.338 e. The average Bonchev–Trinajstić information content (AvgIpc) is 2.60. The van der Waals surface area contributed by atoms with E-state index in [4.69, 9.17) is 0 Å². The Balaban J connectivity index is 2.05. The minimum atomic E-state index is -0.114. The van der Waals surface area contributed by atoms with Gasteiger partial charge in [-0.05, 0) is 12.5 Å². The van der Waals surface area contributed by atoms with Crippen molar-refractivity contribution in [1.29, 1.82) is 0 Å². The number of aldehydes is 1. The number of rotatable bonds is 3. The van der Waals surface area contributed by atoms with Gasteiger partial charge in [-0.15, -0.1) is 0 Å². The van der Waals surface area contributed by atoms with Crippen molar-refractivity contribution in [2.75, 3.05) is 6.54 Å². The Morgan fingerprint density at radius 3 is 2.94 bits per heavy atom. The van der Waals surface area contributed by atoms with Crippen molar-refractivity contribution >= 4 is 12.2 Å². The van der Waals surface area contributed by atoms with Crippen LogP contribution in [0.5, 0.6) is 0 Å². The lowest BCUT2D eigenvalue weighted by molar-refractivity contribution is -0.128. The van der Waals surface area contributed by atoms with Gasteiger partial charge in [-0.25, -0.2) is 0 Å². The summed E-state index contributed by atoms with van der Waals surface area (Å²) in [7, 11) is 0. The van der Waals surface area contributed by atoms with Crippen molar-refractivity contribution in [1.82, 2.24) is 4.90 Å². The van der Waals surface area contributed by atoms with Gasteiger partial charge in [0.25, 0.3) is 0 Å². The molecule has 0 spiro atoms. The number of aryl methyl sites for hydroxylation is 1. The summed E-state index contributed by atoms with van der Waals surface area (Å²) in [6, 6.07) is 8.10. The van der Waals surface area contributed by atoms with Crippen LogP contribution in [0.25, 0.3) is 0 Å². The Morgan fingerprint density at radius 1 is 1.50 bits per heavy atom. The number of likely N-dealkylation sites (tertiary alicyclic amines) is 1. The maximum atomic E-state index is 11.6. The molecule has 1 aromatic rings. The highest BCUT2D eigenvalue weighted by Crippen LogP contribution is 2.18. The second-order valence-corrected chi connectivity index (χ2v) is 4.36. The third-order valence-corrected chi connectivity index (χ3v) is 2.89. The van der Waals surface area contributed by atoms with E-state index in [0.717, 1.165) is 11.8 Å². The first kappa shape index (κ1) is 10.9. The quantitative estimate of drug-likeness (QED) is 0.720. The number of hydrogen-bond acceptors (Lipinski definition) is 2. The zero-order valence-corrected chi connectivity index (χ0v) is 9.35. The van der Waals surface area contributed by atoms with Gasteiger partial charge in [0.2, 0.25) is 5.91 Å². The molecule has 0 aliphatic carbocycles. The molecular weight excluding hydrogens is 202 g/mol.